The molecule has 204 valence electrons. The van der Waals surface area contributed by atoms with Crippen LogP contribution in [-0.4, -0.2) is 76.6 Å². The number of carbonyl (C=O) groups is 2. The molecule has 7 rings (SSSR count). The number of fused-ring (bicyclic) bond motifs is 3. The van der Waals surface area contributed by atoms with E-state index in [0.29, 0.717) is 19.1 Å². The molecule has 2 bridgehead atoms. The van der Waals surface area contributed by atoms with E-state index in [2.05, 4.69) is 31.4 Å². The van der Waals surface area contributed by atoms with Crippen LogP contribution in [0, 0.1) is 5.92 Å². The van der Waals surface area contributed by atoms with E-state index >= 15 is 0 Å². The standard InChI is InChI=1S/C31H31ClN6O2/c32-22-7-4-8-24(13-22)37-17-26-15-25(37)18-38(26)29(39)19-36-12-11-21(16-36)31(40)33-23-9-10-28-27(14-23)30(35-34-28)20-5-2-1-3-6-20/h1-10,13-14,21,25-26H,11-12,15-19H2,(H,33,40)(H,34,35)/t21-,25-,26-/m1/s1. The fourth-order valence-electron chi connectivity index (χ4n) is 6.57. The molecule has 3 fully saturated rings. The highest BCUT2D eigenvalue weighted by atomic mass is 35.5. The second kappa shape index (κ2) is 10.3. The van der Waals surface area contributed by atoms with E-state index in [0.717, 1.165) is 71.0 Å². The number of rotatable bonds is 6. The van der Waals surface area contributed by atoms with E-state index in [9.17, 15) is 9.59 Å². The van der Waals surface area contributed by atoms with Crippen molar-refractivity contribution in [3.05, 3.63) is 77.8 Å². The molecule has 1 aromatic heterocycles. The van der Waals surface area contributed by atoms with Crippen LogP contribution < -0.4 is 10.2 Å². The van der Waals surface area contributed by atoms with Crippen LogP contribution in [0.5, 0.6) is 0 Å². The van der Waals surface area contributed by atoms with Crippen LogP contribution in [0.4, 0.5) is 11.4 Å². The monoisotopic (exact) mass is 554 g/mol. The van der Waals surface area contributed by atoms with Gasteiger partial charge < -0.3 is 15.1 Å². The molecule has 2 N–H and O–H groups in total. The van der Waals surface area contributed by atoms with Crippen LogP contribution in [0.25, 0.3) is 22.2 Å². The molecule has 3 aliphatic rings. The van der Waals surface area contributed by atoms with Crippen LogP contribution in [0.2, 0.25) is 5.02 Å². The average Bonchev–Trinajstić information content (AvgIpc) is 3.77. The minimum atomic E-state index is -0.144. The third-order valence-corrected chi connectivity index (χ3v) is 8.82. The van der Waals surface area contributed by atoms with Gasteiger partial charge in [0.1, 0.15) is 0 Å². The molecule has 3 aliphatic heterocycles. The Morgan fingerprint density at radius 3 is 2.65 bits per heavy atom. The number of aromatic amines is 1. The zero-order valence-corrected chi connectivity index (χ0v) is 22.8. The van der Waals surface area contributed by atoms with Gasteiger partial charge >= 0.3 is 0 Å². The van der Waals surface area contributed by atoms with Crippen molar-refractivity contribution in [2.45, 2.75) is 24.9 Å². The van der Waals surface area contributed by atoms with Crippen molar-refractivity contribution in [2.75, 3.05) is 42.9 Å². The van der Waals surface area contributed by atoms with Gasteiger partial charge in [-0.2, -0.15) is 5.10 Å². The molecule has 0 aliphatic carbocycles. The van der Waals surface area contributed by atoms with Gasteiger partial charge in [0.2, 0.25) is 11.8 Å². The summed E-state index contributed by atoms with van der Waals surface area (Å²) in [5.41, 5.74) is 4.70. The number of benzene rings is 3. The highest BCUT2D eigenvalue weighted by molar-refractivity contribution is 6.30. The smallest absolute Gasteiger partial charge is 0.237 e. The predicted octanol–water partition coefficient (Wildman–Crippen LogP) is 4.63. The Labute approximate surface area is 237 Å². The highest BCUT2D eigenvalue weighted by Gasteiger charge is 2.45. The van der Waals surface area contributed by atoms with Crippen molar-refractivity contribution in [1.29, 1.82) is 0 Å². The molecule has 8 nitrogen and oxygen atoms in total. The van der Waals surface area contributed by atoms with Crippen LogP contribution in [-0.2, 0) is 9.59 Å². The number of aromatic nitrogens is 2. The molecule has 9 heteroatoms. The van der Waals surface area contributed by atoms with E-state index in [1.165, 1.54) is 0 Å². The van der Waals surface area contributed by atoms with Crippen molar-refractivity contribution >= 4 is 45.7 Å². The van der Waals surface area contributed by atoms with Crippen LogP contribution >= 0.6 is 11.6 Å². The Bertz CT molecular complexity index is 1570. The van der Waals surface area contributed by atoms with Crippen LogP contribution in [0.15, 0.2) is 72.8 Å². The number of nitrogens with zero attached hydrogens (tertiary/aromatic N) is 4. The second-order valence-electron chi connectivity index (χ2n) is 11.1. The molecule has 3 aromatic carbocycles. The quantitative estimate of drug-likeness (QED) is 0.363. The highest BCUT2D eigenvalue weighted by Crippen LogP contribution is 2.36. The first-order valence-corrected chi connectivity index (χ1v) is 14.3. The molecule has 3 atom stereocenters. The number of anilines is 2. The lowest BCUT2D eigenvalue weighted by Crippen LogP contribution is -2.51. The van der Waals surface area contributed by atoms with Crippen molar-refractivity contribution in [1.82, 2.24) is 20.0 Å². The van der Waals surface area contributed by atoms with E-state index in [1.54, 1.807) is 0 Å². The molecular formula is C31H31ClN6O2. The summed E-state index contributed by atoms with van der Waals surface area (Å²) in [6, 6.07) is 24.3. The third kappa shape index (κ3) is 4.71. The lowest BCUT2D eigenvalue weighted by molar-refractivity contribution is -0.133. The zero-order valence-electron chi connectivity index (χ0n) is 22.1. The summed E-state index contributed by atoms with van der Waals surface area (Å²) in [6.45, 7) is 3.30. The Balaban J connectivity index is 0.945. The average molecular weight is 555 g/mol. The normalized spacial score (nSPS) is 22.4. The van der Waals surface area contributed by atoms with Crippen molar-refractivity contribution < 1.29 is 9.59 Å². The Kier molecular flexibility index (Phi) is 6.44. The summed E-state index contributed by atoms with van der Waals surface area (Å²) in [5.74, 6) is 0.0180. The molecule has 4 aromatic rings. The number of H-pyrrole nitrogens is 1. The van der Waals surface area contributed by atoms with Crippen molar-refractivity contribution in [3.63, 3.8) is 0 Å². The molecule has 3 saturated heterocycles. The molecule has 0 radical (unpaired) electrons. The first-order valence-electron chi connectivity index (χ1n) is 13.9. The summed E-state index contributed by atoms with van der Waals surface area (Å²) in [5, 5.41) is 12.4. The van der Waals surface area contributed by atoms with Gasteiger partial charge in [0.05, 0.1) is 29.7 Å². The molecule has 0 unspecified atom stereocenters. The van der Waals surface area contributed by atoms with E-state index in [4.69, 9.17) is 11.6 Å². The van der Waals surface area contributed by atoms with Crippen molar-refractivity contribution in [3.8, 4) is 11.3 Å². The first kappa shape index (κ1) is 25.1. The lowest BCUT2D eigenvalue weighted by atomic mass is 10.1. The maximum Gasteiger partial charge on any atom is 0.237 e. The minimum Gasteiger partial charge on any atom is -0.365 e. The molecular weight excluding hydrogens is 524 g/mol. The molecule has 0 spiro atoms. The SMILES string of the molecule is O=C(Nc1ccc2[nH]nc(-c3ccccc3)c2c1)[C@@H]1CCN(CC(=O)N2C[C@H]3C[C@@H]2CN3c2cccc(Cl)c2)C1. The number of hydrogen-bond donors (Lipinski definition) is 2. The van der Waals surface area contributed by atoms with Gasteiger partial charge in [-0.25, -0.2) is 0 Å². The fourth-order valence-corrected chi connectivity index (χ4v) is 6.75. The Morgan fingerprint density at radius 1 is 0.975 bits per heavy atom. The number of amides is 2. The Morgan fingerprint density at radius 2 is 1.85 bits per heavy atom. The van der Waals surface area contributed by atoms with Gasteiger partial charge in [0.15, 0.2) is 0 Å². The summed E-state index contributed by atoms with van der Waals surface area (Å²) >= 11 is 6.20. The van der Waals surface area contributed by atoms with Gasteiger partial charge in [-0.3, -0.25) is 19.6 Å². The Hall–Kier alpha value is -3.88. The minimum absolute atomic E-state index is 0.00329. The topological polar surface area (TPSA) is 84.6 Å². The molecule has 2 amide bonds. The number of halogens is 1. The van der Waals surface area contributed by atoms with E-state index in [1.807, 2.05) is 71.6 Å². The van der Waals surface area contributed by atoms with Gasteiger partial charge in [-0.1, -0.05) is 48.0 Å². The summed E-state index contributed by atoms with van der Waals surface area (Å²) < 4.78 is 0. The number of nitrogens with one attached hydrogen (secondary N) is 2. The van der Waals surface area contributed by atoms with Gasteiger partial charge in [-0.15, -0.1) is 0 Å². The van der Waals surface area contributed by atoms with Crippen molar-refractivity contribution in [2.24, 2.45) is 5.92 Å². The van der Waals surface area contributed by atoms with Crippen LogP contribution in [0.1, 0.15) is 12.8 Å². The van der Waals surface area contributed by atoms with Gasteiger partial charge in [-0.05, 0) is 55.8 Å². The van der Waals surface area contributed by atoms with Gasteiger partial charge in [0.25, 0.3) is 0 Å². The number of likely N-dealkylation sites (tertiary alicyclic amines) is 2. The number of hydrogen-bond acceptors (Lipinski definition) is 5. The fraction of sp³-hybridized carbons (Fsp3) is 0.323. The maximum atomic E-state index is 13.2. The van der Waals surface area contributed by atoms with E-state index in [-0.39, 0.29) is 23.8 Å². The molecule has 4 heterocycles. The number of piperazine rings is 1. The second-order valence-corrected chi connectivity index (χ2v) is 11.6. The maximum absolute atomic E-state index is 13.2. The summed E-state index contributed by atoms with van der Waals surface area (Å²) in [7, 11) is 0. The molecule has 0 saturated carbocycles. The lowest BCUT2D eigenvalue weighted by Gasteiger charge is -2.36. The largest absolute Gasteiger partial charge is 0.365 e. The van der Waals surface area contributed by atoms with E-state index < -0.39 is 0 Å². The van der Waals surface area contributed by atoms with Gasteiger partial charge in [0, 0.05) is 53.0 Å². The van der Waals surface area contributed by atoms with Crippen LogP contribution in [0.3, 0.4) is 0 Å². The predicted molar refractivity (Wildman–Crippen MR) is 157 cm³/mol. The number of carbonyl (C=O) groups excluding carboxylic acids is 2. The zero-order chi connectivity index (χ0) is 27.2. The third-order valence-electron chi connectivity index (χ3n) is 8.58. The summed E-state index contributed by atoms with van der Waals surface area (Å²) in [6.07, 6.45) is 1.74. The first-order chi connectivity index (χ1) is 19.5. The molecule has 40 heavy (non-hydrogen) atoms. The summed E-state index contributed by atoms with van der Waals surface area (Å²) in [4.78, 5) is 32.9.